The van der Waals surface area contributed by atoms with Gasteiger partial charge in [-0.15, -0.1) is 0 Å². The molecule has 0 saturated carbocycles. The Kier molecular flexibility index (Phi) is 5.42. The van der Waals surface area contributed by atoms with Crippen LogP contribution in [-0.4, -0.2) is 23.9 Å². The van der Waals surface area contributed by atoms with Crippen molar-refractivity contribution >= 4 is 40.5 Å². The summed E-state index contributed by atoms with van der Waals surface area (Å²) in [5, 5.41) is 4.70. The number of rotatable bonds is 2. The van der Waals surface area contributed by atoms with Crippen LogP contribution in [-0.2, 0) is 0 Å². The molecule has 23 heavy (non-hydrogen) atoms. The van der Waals surface area contributed by atoms with Crippen molar-refractivity contribution in [2.24, 2.45) is 4.99 Å². The number of anilines is 1. The van der Waals surface area contributed by atoms with Gasteiger partial charge in [0.25, 0.3) is 0 Å². The van der Waals surface area contributed by atoms with E-state index in [1.807, 2.05) is 48.5 Å². The summed E-state index contributed by atoms with van der Waals surface area (Å²) in [6.45, 7) is 1.97. The average Bonchev–Trinajstić information content (AvgIpc) is 2.59. The summed E-state index contributed by atoms with van der Waals surface area (Å²) < 4.78 is 0. The van der Waals surface area contributed by atoms with Crippen LogP contribution in [0, 0.1) is 0 Å². The zero-order valence-corrected chi connectivity index (χ0v) is 14.3. The summed E-state index contributed by atoms with van der Waals surface area (Å²) in [6, 6.07) is 15.3. The molecule has 120 valence electrons. The first-order valence-electron chi connectivity index (χ1n) is 7.84. The molecule has 3 nitrogen and oxygen atoms in total. The van der Waals surface area contributed by atoms with E-state index < -0.39 is 0 Å². The summed E-state index contributed by atoms with van der Waals surface area (Å²) in [4.78, 5) is 7.02. The van der Waals surface area contributed by atoms with Gasteiger partial charge in [-0.3, -0.25) is 0 Å². The second kappa shape index (κ2) is 7.71. The Labute approximate surface area is 146 Å². The predicted molar refractivity (Wildman–Crippen MR) is 99.0 cm³/mol. The Balaban J connectivity index is 1.93. The lowest BCUT2D eigenvalue weighted by Crippen LogP contribution is -2.40. The molecule has 0 spiro atoms. The number of piperidine rings is 1. The summed E-state index contributed by atoms with van der Waals surface area (Å²) in [5.41, 5.74) is 1.61. The summed E-state index contributed by atoms with van der Waals surface area (Å²) in [6.07, 6.45) is 3.61. The number of aliphatic imine (C=N–C) groups is 1. The second-order valence-electron chi connectivity index (χ2n) is 5.54. The van der Waals surface area contributed by atoms with Gasteiger partial charge in [0.05, 0.1) is 21.4 Å². The van der Waals surface area contributed by atoms with E-state index in [1.165, 1.54) is 19.3 Å². The molecule has 0 unspecified atom stereocenters. The molecule has 1 aliphatic rings. The molecule has 0 amide bonds. The maximum Gasteiger partial charge on any atom is 0.203 e. The third-order valence-corrected chi connectivity index (χ3v) is 4.50. The smallest absolute Gasteiger partial charge is 0.203 e. The van der Waals surface area contributed by atoms with Gasteiger partial charge in [0.1, 0.15) is 0 Å². The standard InChI is InChI=1S/C18H19Cl2N3/c19-14-8-2-4-10-16(14)21-18(23-12-6-1-7-13-23)22-17-11-5-3-9-15(17)20/h2-5,8-11H,1,6-7,12-13H2,(H,21,22). The number of halogens is 2. The molecule has 1 heterocycles. The zero-order valence-electron chi connectivity index (χ0n) is 12.8. The van der Waals surface area contributed by atoms with E-state index in [0.29, 0.717) is 10.0 Å². The molecule has 3 rings (SSSR count). The normalized spacial score (nSPS) is 15.6. The number of likely N-dealkylation sites (tertiary alicyclic amines) is 1. The van der Waals surface area contributed by atoms with Crippen LogP contribution in [0.3, 0.4) is 0 Å². The molecule has 1 fully saturated rings. The van der Waals surface area contributed by atoms with Crippen molar-refractivity contribution in [2.45, 2.75) is 19.3 Å². The maximum atomic E-state index is 6.28. The van der Waals surface area contributed by atoms with Crippen LogP contribution in [0.2, 0.25) is 10.0 Å². The average molecular weight is 348 g/mol. The molecule has 0 atom stereocenters. The quantitative estimate of drug-likeness (QED) is 0.567. The highest BCUT2D eigenvalue weighted by atomic mass is 35.5. The van der Waals surface area contributed by atoms with E-state index in [9.17, 15) is 0 Å². The Morgan fingerprint density at radius 2 is 1.52 bits per heavy atom. The SMILES string of the molecule is Clc1ccccc1N=C(Nc1ccccc1Cl)N1CCCCC1. The number of nitrogens with one attached hydrogen (secondary N) is 1. The van der Waals surface area contributed by atoms with Gasteiger partial charge in [0.2, 0.25) is 5.96 Å². The van der Waals surface area contributed by atoms with Gasteiger partial charge in [-0.1, -0.05) is 47.5 Å². The fraction of sp³-hybridized carbons (Fsp3) is 0.278. The fourth-order valence-electron chi connectivity index (χ4n) is 2.62. The lowest BCUT2D eigenvalue weighted by molar-refractivity contribution is 0.341. The first kappa shape index (κ1) is 16.2. The molecule has 0 aliphatic carbocycles. The molecule has 0 aromatic heterocycles. The van der Waals surface area contributed by atoms with Crippen molar-refractivity contribution in [1.82, 2.24) is 4.90 Å². The van der Waals surface area contributed by atoms with E-state index in [2.05, 4.69) is 10.2 Å². The number of hydrogen-bond acceptors (Lipinski definition) is 1. The molecule has 1 N–H and O–H groups in total. The van der Waals surface area contributed by atoms with Crippen molar-refractivity contribution in [3.8, 4) is 0 Å². The zero-order chi connectivity index (χ0) is 16.1. The number of hydrogen-bond donors (Lipinski definition) is 1. The third-order valence-electron chi connectivity index (χ3n) is 3.85. The van der Waals surface area contributed by atoms with Crippen LogP contribution in [0.5, 0.6) is 0 Å². The summed E-state index contributed by atoms with van der Waals surface area (Å²) >= 11 is 12.5. The number of nitrogens with zero attached hydrogens (tertiary/aromatic N) is 2. The highest BCUT2D eigenvalue weighted by Gasteiger charge is 2.16. The minimum absolute atomic E-state index is 0.642. The van der Waals surface area contributed by atoms with E-state index >= 15 is 0 Å². The maximum absolute atomic E-state index is 6.28. The van der Waals surface area contributed by atoms with Gasteiger partial charge in [-0.2, -0.15) is 0 Å². The van der Waals surface area contributed by atoms with Gasteiger partial charge in [-0.05, 0) is 43.5 Å². The predicted octanol–water partition coefficient (Wildman–Crippen LogP) is 5.58. The minimum Gasteiger partial charge on any atom is -0.342 e. The van der Waals surface area contributed by atoms with Gasteiger partial charge in [0, 0.05) is 13.1 Å². The van der Waals surface area contributed by atoms with Crippen LogP contribution >= 0.6 is 23.2 Å². The molecule has 5 heteroatoms. The molecule has 0 bridgehead atoms. The molecule has 1 aliphatic heterocycles. The van der Waals surface area contributed by atoms with Crippen molar-refractivity contribution in [3.05, 3.63) is 58.6 Å². The summed E-state index contributed by atoms with van der Waals surface area (Å²) in [7, 11) is 0. The molecule has 1 saturated heterocycles. The third kappa shape index (κ3) is 4.18. The lowest BCUT2D eigenvalue weighted by Gasteiger charge is -2.30. The van der Waals surface area contributed by atoms with Crippen molar-refractivity contribution in [3.63, 3.8) is 0 Å². The second-order valence-corrected chi connectivity index (χ2v) is 6.35. The first-order valence-corrected chi connectivity index (χ1v) is 8.59. The molecular weight excluding hydrogens is 329 g/mol. The van der Waals surface area contributed by atoms with Crippen LogP contribution in [0.25, 0.3) is 0 Å². The topological polar surface area (TPSA) is 27.6 Å². The number of benzene rings is 2. The lowest BCUT2D eigenvalue weighted by atomic mass is 10.1. The molecule has 2 aromatic carbocycles. The van der Waals surface area contributed by atoms with E-state index in [4.69, 9.17) is 28.2 Å². The highest BCUT2D eigenvalue weighted by Crippen LogP contribution is 2.26. The van der Waals surface area contributed by atoms with E-state index in [-0.39, 0.29) is 0 Å². The Morgan fingerprint density at radius 1 is 0.870 bits per heavy atom. The van der Waals surface area contributed by atoms with Gasteiger partial charge in [0.15, 0.2) is 0 Å². The first-order chi connectivity index (χ1) is 11.2. The Hall–Kier alpha value is -1.71. The molecule has 2 aromatic rings. The number of para-hydroxylation sites is 2. The molecule has 0 radical (unpaired) electrons. The largest absolute Gasteiger partial charge is 0.342 e. The fourth-order valence-corrected chi connectivity index (χ4v) is 2.98. The summed E-state index contributed by atoms with van der Waals surface area (Å²) in [5.74, 6) is 0.797. The van der Waals surface area contributed by atoms with Crippen LogP contribution < -0.4 is 5.32 Å². The van der Waals surface area contributed by atoms with Gasteiger partial charge < -0.3 is 10.2 Å². The monoisotopic (exact) mass is 347 g/mol. The van der Waals surface area contributed by atoms with Crippen LogP contribution in [0.1, 0.15) is 19.3 Å². The Bertz CT molecular complexity index is 694. The van der Waals surface area contributed by atoms with E-state index in [1.54, 1.807) is 0 Å². The minimum atomic E-state index is 0.642. The van der Waals surface area contributed by atoms with Gasteiger partial charge in [-0.25, -0.2) is 4.99 Å². The van der Waals surface area contributed by atoms with Crippen LogP contribution in [0.4, 0.5) is 11.4 Å². The number of guanidine groups is 1. The van der Waals surface area contributed by atoms with Crippen LogP contribution in [0.15, 0.2) is 53.5 Å². The highest BCUT2D eigenvalue weighted by molar-refractivity contribution is 6.34. The van der Waals surface area contributed by atoms with Crippen molar-refractivity contribution in [2.75, 3.05) is 18.4 Å². The molecular formula is C18H19Cl2N3. The van der Waals surface area contributed by atoms with Crippen molar-refractivity contribution in [1.29, 1.82) is 0 Å². The van der Waals surface area contributed by atoms with E-state index in [0.717, 1.165) is 30.4 Å². The van der Waals surface area contributed by atoms with Gasteiger partial charge >= 0.3 is 0 Å². The Morgan fingerprint density at radius 3 is 2.22 bits per heavy atom. The van der Waals surface area contributed by atoms with Crippen molar-refractivity contribution < 1.29 is 0 Å².